The summed E-state index contributed by atoms with van der Waals surface area (Å²) in [5.74, 6) is 0.703. The number of allylic oxidation sites excluding steroid dienone is 2. The standard InChI is InChI=1S/C24H30N8/c1-18(30-32-15-12-25-13-16-32)20-17-26-11-9-22(20)29-24(23-8-6-14-31(23)3)28-19(2)21-7-4-5-10-27-21/h4-11,14,17,21,25,27,30H,1-2,12-13,15-16H2,3H3,(H,26,28,29). The zero-order valence-electron chi connectivity index (χ0n) is 18.4. The van der Waals surface area contributed by atoms with Gasteiger partial charge in [-0.1, -0.05) is 25.3 Å². The Morgan fingerprint density at radius 2 is 2.06 bits per heavy atom. The fraction of sp³-hybridized carbons (Fsp3) is 0.250. The third kappa shape index (κ3) is 5.16. The van der Waals surface area contributed by atoms with Gasteiger partial charge in [0.2, 0.25) is 0 Å². The van der Waals surface area contributed by atoms with Crippen molar-refractivity contribution in [1.29, 1.82) is 0 Å². The summed E-state index contributed by atoms with van der Waals surface area (Å²) in [4.78, 5) is 9.19. The van der Waals surface area contributed by atoms with E-state index >= 15 is 0 Å². The summed E-state index contributed by atoms with van der Waals surface area (Å²) >= 11 is 0. The number of hydrogen-bond acceptors (Lipinski definition) is 6. The van der Waals surface area contributed by atoms with Crippen LogP contribution in [-0.2, 0) is 7.05 Å². The van der Waals surface area contributed by atoms with Crippen molar-refractivity contribution in [1.82, 2.24) is 30.6 Å². The van der Waals surface area contributed by atoms with Crippen LogP contribution in [0.3, 0.4) is 0 Å². The number of aliphatic imine (C=N–C) groups is 1. The van der Waals surface area contributed by atoms with Gasteiger partial charge < -0.3 is 25.9 Å². The first-order valence-electron chi connectivity index (χ1n) is 10.7. The Morgan fingerprint density at radius 3 is 2.78 bits per heavy atom. The summed E-state index contributed by atoms with van der Waals surface area (Å²) in [6, 6.07) is 5.90. The molecule has 0 aliphatic carbocycles. The fourth-order valence-corrected chi connectivity index (χ4v) is 3.62. The zero-order chi connectivity index (χ0) is 22.3. The highest BCUT2D eigenvalue weighted by molar-refractivity contribution is 6.08. The van der Waals surface area contributed by atoms with Gasteiger partial charge in [0.05, 0.1) is 28.8 Å². The van der Waals surface area contributed by atoms with Crippen LogP contribution in [-0.4, -0.2) is 52.6 Å². The lowest BCUT2D eigenvalue weighted by Crippen LogP contribution is -2.49. The van der Waals surface area contributed by atoms with Gasteiger partial charge >= 0.3 is 0 Å². The number of rotatable bonds is 7. The first kappa shape index (κ1) is 21.6. The molecule has 1 unspecified atom stereocenters. The van der Waals surface area contributed by atoms with E-state index in [1.165, 1.54) is 0 Å². The van der Waals surface area contributed by atoms with E-state index in [9.17, 15) is 0 Å². The van der Waals surface area contributed by atoms with Crippen LogP contribution in [0, 0.1) is 0 Å². The maximum absolute atomic E-state index is 4.87. The average molecular weight is 431 g/mol. The molecule has 0 bridgehead atoms. The smallest absolute Gasteiger partial charge is 0.154 e. The Bertz CT molecular complexity index is 1060. The number of hydrazine groups is 1. The number of piperazine rings is 1. The molecule has 0 aromatic carbocycles. The quantitative estimate of drug-likeness (QED) is 0.398. The maximum atomic E-state index is 4.87. The van der Waals surface area contributed by atoms with Gasteiger partial charge in [-0.15, -0.1) is 0 Å². The number of aryl methyl sites for hydroxylation is 1. The van der Waals surface area contributed by atoms with E-state index in [2.05, 4.69) is 44.5 Å². The van der Waals surface area contributed by atoms with Crippen LogP contribution in [0.4, 0.5) is 5.69 Å². The molecule has 2 aromatic rings. The van der Waals surface area contributed by atoms with Gasteiger partial charge in [-0.05, 0) is 30.5 Å². The van der Waals surface area contributed by atoms with Crippen molar-refractivity contribution >= 4 is 17.2 Å². The van der Waals surface area contributed by atoms with Crippen LogP contribution in [0.2, 0.25) is 0 Å². The van der Waals surface area contributed by atoms with Crippen LogP contribution in [0.15, 0.2) is 85.1 Å². The number of nitrogens with one attached hydrogen (secondary N) is 4. The highest BCUT2D eigenvalue weighted by atomic mass is 15.5. The highest BCUT2D eigenvalue weighted by Crippen LogP contribution is 2.22. The van der Waals surface area contributed by atoms with Crippen molar-refractivity contribution in [2.45, 2.75) is 6.04 Å². The van der Waals surface area contributed by atoms with E-state index in [0.717, 1.165) is 48.8 Å². The lowest BCUT2D eigenvalue weighted by atomic mass is 10.1. The summed E-state index contributed by atoms with van der Waals surface area (Å²) < 4.78 is 2.03. The van der Waals surface area contributed by atoms with Crippen molar-refractivity contribution in [3.8, 4) is 0 Å². The van der Waals surface area contributed by atoms with Crippen molar-refractivity contribution in [2.75, 3.05) is 31.5 Å². The number of hydrogen-bond donors (Lipinski definition) is 4. The molecular formula is C24H30N8. The van der Waals surface area contributed by atoms with E-state index < -0.39 is 0 Å². The highest BCUT2D eigenvalue weighted by Gasteiger charge is 2.17. The Balaban J connectivity index is 1.60. The molecule has 4 heterocycles. The van der Waals surface area contributed by atoms with Gasteiger partial charge in [0, 0.05) is 57.4 Å². The first-order chi connectivity index (χ1) is 15.6. The largest absolute Gasteiger partial charge is 0.379 e. The van der Waals surface area contributed by atoms with Crippen LogP contribution in [0.25, 0.3) is 5.70 Å². The summed E-state index contributed by atoms with van der Waals surface area (Å²) in [7, 11) is 2.00. The Kier molecular flexibility index (Phi) is 6.84. The SMILES string of the molecule is C=C(NN1CCNCC1)c1cnccc1N/C(=N/C(=C)C1C=CC=CN1)c1cccn1C. The minimum atomic E-state index is -0.0571. The second-order valence-corrected chi connectivity index (χ2v) is 7.72. The van der Waals surface area contributed by atoms with Gasteiger partial charge in [-0.2, -0.15) is 0 Å². The number of nitrogens with zero attached hydrogens (tertiary/aromatic N) is 4. The van der Waals surface area contributed by atoms with Crippen molar-refractivity contribution in [3.05, 3.63) is 91.3 Å². The molecule has 0 saturated carbocycles. The second-order valence-electron chi connectivity index (χ2n) is 7.72. The summed E-state index contributed by atoms with van der Waals surface area (Å²) in [5.41, 5.74) is 7.62. The molecule has 166 valence electrons. The summed E-state index contributed by atoms with van der Waals surface area (Å²) in [6.07, 6.45) is 13.4. The van der Waals surface area contributed by atoms with Crippen LogP contribution in [0.5, 0.6) is 0 Å². The van der Waals surface area contributed by atoms with Gasteiger partial charge in [0.25, 0.3) is 0 Å². The van der Waals surface area contributed by atoms with Gasteiger partial charge in [-0.25, -0.2) is 10.0 Å². The third-order valence-electron chi connectivity index (χ3n) is 5.40. The summed E-state index contributed by atoms with van der Waals surface area (Å²) in [5, 5.41) is 12.3. The molecule has 8 heteroatoms. The van der Waals surface area contributed by atoms with Crippen molar-refractivity contribution in [2.24, 2.45) is 12.0 Å². The van der Waals surface area contributed by atoms with E-state index in [0.29, 0.717) is 11.5 Å². The van der Waals surface area contributed by atoms with E-state index in [1.54, 1.807) is 6.20 Å². The van der Waals surface area contributed by atoms with E-state index in [-0.39, 0.29) is 6.04 Å². The van der Waals surface area contributed by atoms with E-state index in [1.807, 2.05) is 66.6 Å². The molecule has 4 rings (SSSR count). The topological polar surface area (TPSA) is 81.5 Å². The van der Waals surface area contributed by atoms with Crippen LogP contribution < -0.4 is 21.4 Å². The predicted octanol–water partition coefficient (Wildman–Crippen LogP) is 2.21. The molecule has 1 atom stereocenters. The predicted molar refractivity (Wildman–Crippen MR) is 131 cm³/mol. The first-order valence-corrected chi connectivity index (χ1v) is 10.7. The number of anilines is 1. The molecular weight excluding hydrogens is 400 g/mol. The normalized spacial score (nSPS) is 18.8. The minimum Gasteiger partial charge on any atom is -0.379 e. The molecule has 8 nitrogen and oxygen atoms in total. The number of amidine groups is 1. The third-order valence-corrected chi connectivity index (χ3v) is 5.40. The van der Waals surface area contributed by atoms with Crippen molar-refractivity contribution < 1.29 is 0 Å². The molecule has 0 radical (unpaired) electrons. The molecule has 2 aromatic heterocycles. The average Bonchev–Trinajstić information content (AvgIpc) is 3.26. The van der Waals surface area contributed by atoms with Crippen LogP contribution in [0.1, 0.15) is 11.3 Å². The Labute approximate surface area is 189 Å². The fourth-order valence-electron chi connectivity index (χ4n) is 3.62. The molecule has 0 amide bonds. The van der Waals surface area contributed by atoms with Crippen LogP contribution >= 0.6 is 0 Å². The maximum Gasteiger partial charge on any atom is 0.154 e. The van der Waals surface area contributed by atoms with Gasteiger partial charge in [-0.3, -0.25) is 4.98 Å². The molecule has 32 heavy (non-hydrogen) atoms. The minimum absolute atomic E-state index is 0.0571. The number of dihydropyridines is 1. The van der Waals surface area contributed by atoms with Crippen molar-refractivity contribution in [3.63, 3.8) is 0 Å². The zero-order valence-corrected chi connectivity index (χ0v) is 18.4. The Hall–Kier alpha value is -3.62. The lowest BCUT2D eigenvalue weighted by molar-refractivity contribution is 0.200. The monoisotopic (exact) mass is 430 g/mol. The molecule has 0 spiro atoms. The molecule has 2 aliphatic heterocycles. The number of aromatic nitrogens is 2. The second kappa shape index (κ2) is 10.1. The summed E-state index contributed by atoms with van der Waals surface area (Å²) in [6.45, 7) is 12.2. The molecule has 4 N–H and O–H groups in total. The Morgan fingerprint density at radius 1 is 1.22 bits per heavy atom. The number of pyridine rings is 1. The van der Waals surface area contributed by atoms with Gasteiger partial charge in [0.1, 0.15) is 0 Å². The molecule has 1 saturated heterocycles. The van der Waals surface area contributed by atoms with E-state index in [4.69, 9.17) is 4.99 Å². The molecule has 1 fully saturated rings. The lowest BCUT2D eigenvalue weighted by Gasteiger charge is -2.29. The molecule has 2 aliphatic rings. The van der Waals surface area contributed by atoms with Gasteiger partial charge in [0.15, 0.2) is 5.84 Å².